The Morgan fingerprint density at radius 3 is 2.48 bits per heavy atom. The fraction of sp³-hybridized carbons (Fsp3) is 0.417. The summed E-state index contributed by atoms with van der Waals surface area (Å²) < 4.78 is 67.5. The lowest BCUT2D eigenvalue weighted by Gasteiger charge is -2.21. The summed E-state index contributed by atoms with van der Waals surface area (Å²) in [4.78, 5) is 11.4. The number of hydrogen-bond acceptors (Lipinski definition) is 6. The summed E-state index contributed by atoms with van der Waals surface area (Å²) in [7, 11) is -2.82. The van der Waals surface area contributed by atoms with Crippen LogP contribution in [0.25, 0.3) is 0 Å². The van der Waals surface area contributed by atoms with Gasteiger partial charge in [0.25, 0.3) is 0 Å². The lowest BCUT2D eigenvalue weighted by molar-refractivity contribution is -0.143. The molecule has 0 radical (unpaired) electrons. The van der Waals surface area contributed by atoms with Crippen molar-refractivity contribution in [3.05, 3.63) is 24.3 Å². The third-order valence-electron chi connectivity index (χ3n) is 2.98. The molecule has 1 aliphatic heterocycles. The number of sulfonamides is 1. The van der Waals surface area contributed by atoms with Gasteiger partial charge in [0.15, 0.2) is 0 Å². The van der Waals surface area contributed by atoms with Crippen molar-refractivity contribution >= 4 is 39.5 Å². The van der Waals surface area contributed by atoms with Crippen molar-refractivity contribution in [2.45, 2.75) is 21.3 Å². The van der Waals surface area contributed by atoms with Crippen LogP contribution in [0.15, 0.2) is 34.1 Å². The van der Waals surface area contributed by atoms with Crippen molar-refractivity contribution in [3.8, 4) is 0 Å². The Bertz CT molecular complexity index is 676. The van der Waals surface area contributed by atoms with Crippen LogP contribution in [0, 0.1) is 0 Å². The lowest BCUT2D eigenvalue weighted by Crippen LogP contribution is -2.42. The van der Waals surface area contributed by atoms with Gasteiger partial charge >= 0.3 is 11.5 Å². The molecule has 1 atom stereocenters. The van der Waals surface area contributed by atoms with Crippen LogP contribution in [0.5, 0.6) is 0 Å². The SMILES string of the molecule is COC(=O)C1CSCN1S(=O)(=O)c1ccc(SC(F)(F)F)cc1. The first-order chi connectivity index (χ1) is 10.6. The molecular formula is C12H12F3NO4S3. The number of carbonyl (C=O) groups excluding carboxylic acids is 1. The maximum absolute atomic E-state index is 12.5. The molecule has 0 aliphatic carbocycles. The number of methoxy groups -OCH3 is 1. The molecule has 1 fully saturated rings. The zero-order chi connectivity index (χ0) is 17.3. The highest BCUT2D eigenvalue weighted by Gasteiger charge is 2.40. The molecule has 0 N–H and O–H groups in total. The quantitative estimate of drug-likeness (QED) is 0.584. The number of nitrogens with zero attached hydrogens (tertiary/aromatic N) is 1. The molecule has 0 aromatic heterocycles. The molecule has 0 spiro atoms. The zero-order valence-electron chi connectivity index (χ0n) is 11.7. The summed E-state index contributed by atoms with van der Waals surface area (Å²) in [6.45, 7) is 0. The van der Waals surface area contributed by atoms with E-state index in [0.717, 1.165) is 28.6 Å². The zero-order valence-corrected chi connectivity index (χ0v) is 14.2. The van der Waals surface area contributed by atoms with E-state index in [1.165, 1.54) is 18.9 Å². The van der Waals surface area contributed by atoms with Gasteiger partial charge in [-0.3, -0.25) is 4.79 Å². The van der Waals surface area contributed by atoms with E-state index in [1.54, 1.807) is 0 Å². The van der Waals surface area contributed by atoms with Gasteiger partial charge in [-0.05, 0) is 36.0 Å². The highest BCUT2D eigenvalue weighted by Crippen LogP contribution is 2.37. The number of benzene rings is 1. The molecule has 2 rings (SSSR count). The molecule has 5 nitrogen and oxygen atoms in total. The Morgan fingerprint density at radius 2 is 1.96 bits per heavy atom. The van der Waals surface area contributed by atoms with Crippen molar-refractivity contribution < 1.29 is 31.1 Å². The Morgan fingerprint density at radius 1 is 1.35 bits per heavy atom. The molecule has 23 heavy (non-hydrogen) atoms. The van der Waals surface area contributed by atoms with Gasteiger partial charge in [-0.2, -0.15) is 17.5 Å². The molecule has 1 heterocycles. The number of ether oxygens (including phenoxy) is 1. The predicted octanol–water partition coefficient (Wildman–Crippen LogP) is 2.54. The smallest absolute Gasteiger partial charge is 0.446 e. The van der Waals surface area contributed by atoms with E-state index in [0.29, 0.717) is 0 Å². The van der Waals surface area contributed by atoms with Gasteiger partial charge in [-0.25, -0.2) is 8.42 Å². The average molecular weight is 387 g/mol. The third-order valence-corrected chi connectivity index (χ3v) is 6.76. The second kappa shape index (κ2) is 6.91. The van der Waals surface area contributed by atoms with Gasteiger partial charge in [0, 0.05) is 10.6 Å². The van der Waals surface area contributed by atoms with Crippen LogP contribution < -0.4 is 0 Å². The largest absolute Gasteiger partial charge is 0.468 e. The number of hydrogen-bond donors (Lipinski definition) is 0. The number of halogens is 3. The fourth-order valence-corrected chi connectivity index (χ4v) is 5.60. The lowest BCUT2D eigenvalue weighted by atomic mass is 10.3. The molecule has 0 amide bonds. The van der Waals surface area contributed by atoms with Gasteiger partial charge in [0.1, 0.15) is 6.04 Å². The minimum absolute atomic E-state index is 0.0845. The molecule has 0 bridgehead atoms. The highest BCUT2D eigenvalue weighted by molar-refractivity contribution is 8.01. The Labute approximate surface area is 139 Å². The summed E-state index contributed by atoms with van der Waals surface area (Å²) in [5.74, 6) is -0.308. The molecule has 1 aromatic carbocycles. The van der Waals surface area contributed by atoms with E-state index in [4.69, 9.17) is 0 Å². The third kappa shape index (κ3) is 4.34. The standard InChI is InChI=1S/C12H12F3NO4S3/c1-20-11(17)10-6-21-7-16(10)23(18,19)9-4-2-8(3-5-9)22-12(13,14)15/h2-5,10H,6-7H2,1H3. The van der Waals surface area contributed by atoms with Crippen LogP contribution in [0.3, 0.4) is 0 Å². The highest BCUT2D eigenvalue weighted by atomic mass is 32.2. The fourth-order valence-electron chi connectivity index (χ4n) is 1.93. The number of rotatable bonds is 4. The van der Waals surface area contributed by atoms with Gasteiger partial charge in [0.05, 0.1) is 17.9 Å². The van der Waals surface area contributed by atoms with E-state index in [2.05, 4.69) is 4.74 Å². The second-order valence-corrected chi connectivity index (χ2v) is 8.48. The number of thioether (sulfide) groups is 2. The van der Waals surface area contributed by atoms with Crippen molar-refractivity contribution in [2.75, 3.05) is 18.7 Å². The van der Waals surface area contributed by atoms with Crippen LogP contribution in [-0.2, 0) is 19.6 Å². The van der Waals surface area contributed by atoms with Crippen molar-refractivity contribution in [1.82, 2.24) is 4.31 Å². The van der Waals surface area contributed by atoms with E-state index in [1.807, 2.05) is 0 Å². The topological polar surface area (TPSA) is 63.7 Å². The number of carbonyl (C=O) groups is 1. The van der Waals surface area contributed by atoms with Crippen LogP contribution in [-0.4, -0.2) is 49.0 Å². The van der Waals surface area contributed by atoms with Gasteiger partial charge < -0.3 is 4.74 Å². The van der Waals surface area contributed by atoms with Crippen LogP contribution >= 0.6 is 23.5 Å². The van der Waals surface area contributed by atoms with Crippen LogP contribution in [0.4, 0.5) is 13.2 Å². The molecule has 128 valence electrons. The predicted molar refractivity (Wildman–Crippen MR) is 80.5 cm³/mol. The van der Waals surface area contributed by atoms with Crippen molar-refractivity contribution in [2.24, 2.45) is 0 Å². The monoisotopic (exact) mass is 387 g/mol. The van der Waals surface area contributed by atoms with Gasteiger partial charge in [-0.1, -0.05) is 0 Å². The van der Waals surface area contributed by atoms with Crippen molar-refractivity contribution in [3.63, 3.8) is 0 Å². The summed E-state index contributed by atoms with van der Waals surface area (Å²) in [5.41, 5.74) is -4.44. The van der Waals surface area contributed by atoms with Crippen LogP contribution in [0.1, 0.15) is 0 Å². The first-order valence-electron chi connectivity index (χ1n) is 6.18. The number of alkyl halides is 3. The summed E-state index contributed by atoms with van der Waals surface area (Å²) in [5, 5.41) is 0. The molecule has 1 saturated heterocycles. The normalized spacial score (nSPS) is 19.7. The van der Waals surface area contributed by atoms with Crippen LogP contribution in [0.2, 0.25) is 0 Å². The Kier molecular flexibility index (Phi) is 5.54. The maximum atomic E-state index is 12.5. The Hall–Kier alpha value is -0.910. The van der Waals surface area contributed by atoms with E-state index in [9.17, 15) is 26.4 Å². The molecular weight excluding hydrogens is 375 g/mol. The second-order valence-electron chi connectivity index (χ2n) is 4.45. The van der Waals surface area contributed by atoms with E-state index >= 15 is 0 Å². The van der Waals surface area contributed by atoms with E-state index in [-0.39, 0.29) is 33.2 Å². The molecule has 0 saturated carbocycles. The van der Waals surface area contributed by atoms with Gasteiger partial charge in [-0.15, -0.1) is 11.8 Å². The van der Waals surface area contributed by atoms with Crippen molar-refractivity contribution in [1.29, 1.82) is 0 Å². The molecule has 1 aliphatic rings. The molecule has 11 heteroatoms. The summed E-state index contributed by atoms with van der Waals surface area (Å²) in [6.07, 6.45) is 0. The van der Waals surface area contributed by atoms with Gasteiger partial charge in [0.2, 0.25) is 10.0 Å². The minimum atomic E-state index is -4.44. The molecule has 1 unspecified atom stereocenters. The minimum Gasteiger partial charge on any atom is -0.468 e. The number of esters is 1. The van der Waals surface area contributed by atoms with E-state index < -0.39 is 27.5 Å². The summed E-state index contributed by atoms with van der Waals surface area (Å²) in [6, 6.07) is 3.43. The molecule has 1 aromatic rings. The summed E-state index contributed by atoms with van der Waals surface area (Å²) >= 11 is 0.934. The average Bonchev–Trinajstić information content (AvgIpc) is 2.95. The Balaban J connectivity index is 2.24. The first-order valence-corrected chi connectivity index (χ1v) is 9.59. The maximum Gasteiger partial charge on any atom is 0.446 e. The first kappa shape index (κ1) is 18.4.